The first-order chi connectivity index (χ1) is 7.43. The number of aliphatic hydroxyl groups is 3. The third kappa shape index (κ3) is 4.67. The van der Waals surface area contributed by atoms with E-state index in [2.05, 4.69) is 9.47 Å². The van der Waals surface area contributed by atoms with Crippen molar-refractivity contribution in [2.45, 2.75) is 31.3 Å². The average Bonchev–Trinajstić information content (AvgIpc) is 2.26. The lowest BCUT2D eigenvalue weighted by Crippen LogP contribution is -2.47. The maximum Gasteiger partial charge on any atom is 0.302 e. The molecule has 0 aromatic carbocycles. The molecule has 94 valence electrons. The van der Waals surface area contributed by atoms with Crippen LogP contribution in [0.5, 0.6) is 0 Å². The van der Waals surface area contributed by atoms with Gasteiger partial charge in [-0.2, -0.15) is 0 Å². The number of ether oxygens (including phenoxy) is 2. The van der Waals surface area contributed by atoms with Crippen molar-refractivity contribution < 1.29 is 34.4 Å². The minimum absolute atomic E-state index is 0.298. The van der Waals surface area contributed by atoms with Crippen molar-refractivity contribution in [1.82, 2.24) is 0 Å². The Morgan fingerprint density at radius 2 is 1.88 bits per heavy atom. The SMILES string of the molecule is CO[C@@H](C=O)[C@@H](O)[C@H](O)[C@H](O)COC(C)=O. The monoisotopic (exact) mass is 236 g/mol. The number of aliphatic hydroxyl groups excluding tert-OH is 3. The van der Waals surface area contributed by atoms with Crippen LogP contribution >= 0.6 is 0 Å². The van der Waals surface area contributed by atoms with Crippen molar-refractivity contribution in [3.8, 4) is 0 Å². The second-order valence-corrected chi connectivity index (χ2v) is 3.19. The van der Waals surface area contributed by atoms with Crippen LogP contribution in [0.3, 0.4) is 0 Å². The van der Waals surface area contributed by atoms with Crippen molar-refractivity contribution in [2.75, 3.05) is 13.7 Å². The molecule has 7 heteroatoms. The van der Waals surface area contributed by atoms with Crippen molar-refractivity contribution >= 4 is 12.3 Å². The summed E-state index contributed by atoms with van der Waals surface area (Å²) >= 11 is 0. The van der Waals surface area contributed by atoms with Gasteiger partial charge in [0.05, 0.1) is 0 Å². The Kier molecular flexibility index (Phi) is 6.82. The lowest BCUT2D eigenvalue weighted by atomic mass is 10.0. The fourth-order valence-corrected chi connectivity index (χ4v) is 0.999. The standard InChI is InChI=1S/C9H16O7/c1-5(11)16-4-6(12)8(13)9(14)7(3-10)15-2/h3,6-9,12-14H,4H2,1-2H3/t6-,7+,8-,9-/m1/s1. The molecule has 0 bridgehead atoms. The van der Waals surface area contributed by atoms with Crippen LogP contribution in [0.1, 0.15) is 6.92 Å². The number of carbonyl (C=O) groups excluding carboxylic acids is 2. The normalized spacial score (nSPS) is 18.3. The largest absolute Gasteiger partial charge is 0.463 e. The minimum Gasteiger partial charge on any atom is -0.463 e. The Morgan fingerprint density at radius 3 is 2.25 bits per heavy atom. The lowest BCUT2D eigenvalue weighted by Gasteiger charge is -2.25. The molecular formula is C9H16O7. The van der Waals surface area contributed by atoms with Gasteiger partial charge in [-0.25, -0.2) is 0 Å². The van der Waals surface area contributed by atoms with Gasteiger partial charge in [-0.15, -0.1) is 0 Å². The summed E-state index contributed by atoms with van der Waals surface area (Å²) in [5.74, 6) is -0.626. The Hall–Kier alpha value is -1.02. The smallest absolute Gasteiger partial charge is 0.302 e. The van der Waals surface area contributed by atoms with Gasteiger partial charge >= 0.3 is 5.97 Å². The lowest BCUT2D eigenvalue weighted by molar-refractivity contribution is -0.156. The zero-order valence-electron chi connectivity index (χ0n) is 9.07. The Balaban J connectivity index is 4.24. The van der Waals surface area contributed by atoms with E-state index in [4.69, 9.17) is 0 Å². The number of methoxy groups -OCH3 is 1. The summed E-state index contributed by atoms with van der Waals surface area (Å²) in [6.45, 7) is 0.668. The fraction of sp³-hybridized carbons (Fsp3) is 0.778. The van der Waals surface area contributed by atoms with E-state index >= 15 is 0 Å². The first-order valence-electron chi connectivity index (χ1n) is 4.59. The Morgan fingerprint density at radius 1 is 1.31 bits per heavy atom. The number of hydrogen-bond donors (Lipinski definition) is 3. The summed E-state index contributed by atoms with van der Waals surface area (Å²) in [5, 5.41) is 28.1. The first-order valence-corrected chi connectivity index (χ1v) is 4.59. The van der Waals surface area contributed by atoms with Crippen LogP contribution in [0.25, 0.3) is 0 Å². The summed E-state index contributed by atoms with van der Waals surface area (Å²) < 4.78 is 8.99. The fourth-order valence-electron chi connectivity index (χ4n) is 0.999. The molecule has 0 heterocycles. The van der Waals surface area contributed by atoms with E-state index in [0.29, 0.717) is 6.29 Å². The molecule has 0 aromatic heterocycles. The third-order valence-corrected chi connectivity index (χ3v) is 1.94. The van der Waals surface area contributed by atoms with Gasteiger partial charge in [0.2, 0.25) is 0 Å². The Labute approximate surface area is 92.6 Å². The molecular weight excluding hydrogens is 220 g/mol. The molecule has 16 heavy (non-hydrogen) atoms. The zero-order chi connectivity index (χ0) is 12.7. The molecule has 0 aliphatic rings. The highest BCUT2D eigenvalue weighted by atomic mass is 16.5. The number of aldehydes is 1. The van der Waals surface area contributed by atoms with E-state index in [1.54, 1.807) is 0 Å². The van der Waals surface area contributed by atoms with Crippen LogP contribution in [0.4, 0.5) is 0 Å². The summed E-state index contributed by atoms with van der Waals surface area (Å²) in [7, 11) is 1.17. The maximum absolute atomic E-state index is 10.4. The van der Waals surface area contributed by atoms with Crippen LogP contribution in [0.15, 0.2) is 0 Å². The summed E-state index contributed by atoms with van der Waals surface area (Å²) in [6, 6.07) is 0. The molecule has 0 saturated heterocycles. The highest BCUT2D eigenvalue weighted by Gasteiger charge is 2.31. The van der Waals surface area contributed by atoms with E-state index in [0.717, 1.165) is 6.92 Å². The number of rotatable bonds is 7. The van der Waals surface area contributed by atoms with Gasteiger partial charge in [-0.1, -0.05) is 0 Å². The highest BCUT2D eigenvalue weighted by molar-refractivity contribution is 5.65. The van der Waals surface area contributed by atoms with E-state index < -0.39 is 37.0 Å². The molecule has 0 spiro atoms. The van der Waals surface area contributed by atoms with E-state index in [1.165, 1.54) is 7.11 Å². The number of hydrogen-bond acceptors (Lipinski definition) is 7. The second kappa shape index (κ2) is 7.29. The molecule has 0 aromatic rings. The second-order valence-electron chi connectivity index (χ2n) is 3.19. The minimum atomic E-state index is -1.64. The predicted octanol–water partition coefficient (Wildman–Crippen LogP) is -2.15. The third-order valence-electron chi connectivity index (χ3n) is 1.94. The van der Waals surface area contributed by atoms with Crippen molar-refractivity contribution in [2.24, 2.45) is 0 Å². The summed E-state index contributed by atoms with van der Waals surface area (Å²) in [4.78, 5) is 20.8. The van der Waals surface area contributed by atoms with Crippen LogP contribution < -0.4 is 0 Å². The van der Waals surface area contributed by atoms with Crippen molar-refractivity contribution in [1.29, 1.82) is 0 Å². The van der Waals surface area contributed by atoms with Gasteiger partial charge in [-0.3, -0.25) is 4.79 Å². The molecule has 7 nitrogen and oxygen atoms in total. The predicted molar refractivity (Wildman–Crippen MR) is 51.5 cm³/mol. The molecule has 0 radical (unpaired) electrons. The van der Waals surface area contributed by atoms with Gasteiger partial charge < -0.3 is 29.6 Å². The molecule has 0 amide bonds. The molecule has 0 fully saturated rings. The molecule has 0 unspecified atom stereocenters. The van der Waals surface area contributed by atoms with Gasteiger partial charge in [0, 0.05) is 14.0 Å². The topological polar surface area (TPSA) is 113 Å². The summed E-state index contributed by atoms with van der Waals surface area (Å²) in [5.41, 5.74) is 0. The molecule has 4 atom stereocenters. The number of esters is 1. The van der Waals surface area contributed by atoms with Gasteiger partial charge in [0.1, 0.15) is 31.0 Å². The van der Waals surface area contributed by atoms with Crippen molar-refractivity contribution in [3.05, 3.63) is 0 Å². The molecule has 3 N–H and O–H groups in total. The van der Waals surface area contributed by atoms with Crippen molar-refractivity contribution in [3.63, 3.8) is 0 Å². The van der Waals surface area contributed by atoms with E-state index in [-0.39, 0.29) is 0 Å². The van der Waals surface area contributed by atoms with Gasteiger partial charge in [0.25, 0.3) is 0 Å². The molecule has 0 aliphatic carbocycles. The maximum atomic E-state index is 10.4. The van der Waals surface area contributed by atoms with Crippen LogP contribution in [-0.2, 0) is 19.1 Å². The van der Waals surface area contributed by atoms with Gasteiger partial charge in [0.15, 0.2) is 6.29 Å². The van der Waals surface area contributed by atoms with E-state index in [1.807, 2.05) is 0 Å². The highest BCUT2D eigenvalue weighted by Crippen LogP contribution is 2.06. The average molecular weight is 236 g/mol. The van der Waals surface area contributed by atoms with Crippen LogP contribution in [0.2, 0.25) is 0 Å². The molecule has 0 aliphatic heterocycles. The molecule has 0 saturated carbocycles. The van der Waals surface area contributed by atoms with Gasteiger partial charge in [-0.05, 0) is 0 Å². The van der Waals surface area contributed by atoms with Crippen LogP contribution in [0, 0.1) is 0 Å². The first kappa shape index (κ1) is 15.0. The zero-order valence-corrected chi connectivity index (χ0v) is 9.07. The summed E-state index contributed by atoms with van der Waals surface area (Å²) in [6.07, 6.45) is -5.67. The van der Waals surface area contributed by atoms with E-state index in [9.17, 15) is 24.9 Å². The Bertz CT molecular complexity index is 230. The molecule has 0 rings (SSSR count). The van der Waals surface area contributed by atoms with Crippen LogP contribution in [-0.4, -0.2) is 65.7 Å². The quantitative estimate of drug-likeness (QED) is 0.341. The number of carbonyl (C=O) groups is 2.